The maximum Gasteiger partial charge on any atom is 0.574 e. The predicted octanol–water partition coefficient (Wildman–Crippen LogP) is 0.544. The van der Waals surface area contributed by atoms with Crippen molar-refractivity contribution in [2.24, 2.45) is 5.14 Å². The molecule has 1 aromatic rings. The summed E-state index contributed by atoms with van der Waals surface area (Å²) in [6, 6.07) is 0.265. The Morgan fingerprint density at radius 3 is 2.35 bits per heavy atom. The van der Waals surface area contributed by atoms with Gasteiger partial charge in [-0.25, -0.2) is 13.6 Å². The Labute approximate surface area is 109 Å². The summed E-state index contributed by atoms with van der Waals surface area (Å²) < 4.78 is 66.3. The van der Waals surface area contributed by atoms with E-state index in [1.54, 1.807) is 0 Å². The minimum atomic E-state index is -5.22. The summed E-state index contributed by atoms with van der Waals surface area (Å²) in [5, 5.41) is 14.2. The van der Waals surface area contributed by atoms with E-state index in [9.17, 15) is 31.7 Å². The average molecular weight is 317 g/mol. The molecule has 0 fully saturated rings. The zero-order valence-corrected chi connectivity index (χ0v) is 10.4. The molecule has 0 atom stereocenters. The van der Waals surface area contributed by atoms with E-state index in [1.165, 1.54) is 0 Å². The fourth-order valence-corrected chi connectivity index (χ4v) is 1.83. The summed E-state index contributed by atoms with van der Waals surface area (Å²) in [5.74, 6) is -2.25. The van der Waals surface area contributed by atoms with E-state index in [4.69, 9.17) is 5.14 Å². The lowest BCUT2D eigenvalue weighted by Gasteiger charge is -2.11. The van der Waals surface area contributed by atoms with Gasteiger partial charge in [0.05, 0.1) is 18.1 Å². The zero-order valence-electron chi connectivity index (χ0n) is 9.54. The molecule has 20 heavy (non-hydrogen) atoms. The molecular formula is C7H6F3N3O6S. The molecule has 0 amide bonds. The van der Waals surface area contributed by atoms with Gasteiger partial charge in [-0.15, -0.1) is 13.2 Å². The van der Waals surface area contributed by atoms with Crippen LogP contribution in [0.4, 0.5) is 18.9 Å². The summed E-state index contributed by atoms with van der Waals surface area (Å²) in [5.41, 5.74) is -1.09. The van der Waals surface area contributed by atoms with Gasteiger partial charge < -0.3 is 9.47 Å². The first-order chi connectivity index (χ1) is 8.95. The highest BCUT2D eigenvalue weighted by Crippen LogP contribution is 2.36. The van der Waals surface area contributed by atoms with Crippen molar-refractivity contribution in [2.75, 3.05) is 7.11 Å². The fraction of sp³-hybridized carbons (Fsp3) is 0.286. The van der Waals surface area contributed by atoms with Crippen molar-refractivity contribution in [3.8, 4) is 11.6 Å². The van der Waals surface area contributed by atoms with Gasteiger partial charge in [-0.05, 0) is 0 Å². The van der Waals surface area contributed by atoms with E-state index in [-0.39, 0.29) is 6.07 Å². The van der Waals surface area contributed by atoms with Crippen molar-refractivity contribution in [3.05, 3.63) is 16.2 Å². The number of hydrogen-bond donors (Lipinski definition) is 1. The number of ether oxygens (including phenoxy) is 2. The lowest BCUT2D eigenvalue weighted by molar-refractivity contribution is -0.386. The molecule has 1 heterocycles. The third kappa shape index (κ3) is 3.67. The second-order valence-corrected chi connectivity index (χ2v) is 4.64. The Morgan fingerprint density at radius 1 is 1.45 bits per heavy atom. The van der Waals surface area contributed by atoms with E-state index < -0.39 is 43.7 Å². The van der Waals surface area contributed by atoms with Crippen molar-refractivity contribution in [3.63, 3.8) is 0 Å². The molecule has 0 unspecified atom stereocenters. The molecule has 0 aliphatic carbocycles. The maximum absolute atomic E-state index is 12.0. The maximum atomic E-state index is 12.0. The standard InChI is InChI=1S/C7H6F3N3O6S/c1-18-5-3(13(14)15)2-4(19-7(8,9)10)12-6(5)20(11,16)17/h2H,1H3,(H2,11,16,17). The van der Waals surface area contributed by atoms with Crippen molar-refractivity contribution in [1.82, 2.24) is 4.98 Å². The molecule has 13 heteroatoms. The zero-order chi connectivity index (χ0) is 15.7. The van der Waals surface area contributed by atoms with Crippen molar-refractivity contribution >= 4 is 15.7 Å². The van der Waals surface area contributed by atoms with Crippen LogP contribution in [0.3, 0.4) is 0 Å². The molecule has 0 radical (unpaired) electrons. The third-order valence-electron chi connectivity index (χ3n) is 1.79. The molecule has 0 saturated heterocycles. The predicted molar refractivity (Wildman–Crippen MR) is 55.5 cm³/mol. The second-order valence-electron chi connectivity index (χ2n) is 3.17. The van der Waals surface area contributed by atoms with Crippen LogP contribution >= 0.6 is 0 Å². The number of hydrogen-bond acceptors (Lipinski definition) is 7. The van der Waals surface area contributed by atoms with Crippen LogP contribution in [0.25, 0.3) is 0 Å². The normalized spacial score (nSPS) is 12.1. The number of aromatic nitrogens is 1. The molecule has 2 N–H and O–H groups in total. The van der Waals surface area contributed by atoms with Crippen LogP contribution in [0, 0.1) is 10.1 Å². The van der Waals surface area contributed by atoms with Gasteiger partial charge in [0, 0.05) is 0 Å². The van der Waals surface area contributed by atoms with Gasteiger partial charge in [-0.1, -0.05) is 0 Å². The second kappa shape index (κ2) is 5.09. The Kier molecular flexibility index (Phi) is 4.04. The van der Waals surface area contributed by atoms with Gasteiger partial charge in [0.25, 0.3) is 10.0 Å². The monoisotopic (exact) mass is 317 g/mol. The highest BCUT2D eigenvalue weighted by Gasteiger charge is 2.35. The minimum Gasteiger partial charge on any atom is -0.488 e. The Balaban J connectivity index is 3.61. The van der Waals surface area contributed by atoms with E-state index in [1.807, 2.05) is 0 Å². The Hall–Kier alpha value is -2.15. The van der Waals surface area contributed by atoms with Crippen LogP contribution in [0.5, 0.6) is 11.6 Å². The quantitative estimate of drug-likeness (QED) is 0.632. The summed E-state index contributed by atoms with van der Waals surface area (Å²) in [7, 11) is -3.80. The third-order valence-corrected chi connectivity index (χ3v) is 2.61. The molecule has 0 saturated carbocycles. The lowest BCUT2D eigenvalue weighted by atomic mass is 10.4. The lowest BCUT2D eigenvalue weighted by Crippen LogP contribution is -2.21. The molecule has 112 valence electrons. The van der Waals surface area contributed by atoms with Crippen LogP contribution in [0.15, 0.2) is 11.1 Å². The van der Waals surface area contributed by atoms with Gasteiger partial charge in [0.2, 0.25) is 16.7 Å². The number of nitro groups is 1. The number of primary sulfonamides is 1. The van der Waals surface area contributed by atoms with E-state index in [2.05, 4.69) is 14.5 Å². The van der Waals surface area contributed by atoms with Crippen molar-refractivity contribution in [2.45, 2.75) is 11.4 Å². The molecule has 0 spiro atoms. The number of alkyl halides is 3. The smallest absolute Gasteiger partial charge is 0.488 e. The number of sulfonamides is 1. The van der Waals surface area contributed by atoms with Crippen LogP contribution in [0.2, 0.25) is 0 Å². The number of nitrogens with two attached hydrogens (primary N) is 1. The Morgan fingerprint density at radius 2 is 2.00 bits per heavy atom. The molecule has 0 aliphatic rings. The first kappa shape index (κ1) is 15.9. The van der Waals surface area contributed by atoms with E-state index in [0.717, 1.165) is 7.11 Å². The van der Waals surface area contributed by atoms with Crippen LogP contribution < -0.4 is 14.6 Å². The van der Waals surface area contributed by atoms with Gasteiger partial charge >= 0.3 is 12.0 Å². The number of methoxy groups -OCH3 is 1. The van der Waals surface area contributed by atoms with Crippen molar-refractivity contribution < 1.29 is 36.0 Å². The van der Waals surface area contributed by atoms with Crippen LogP contribution in [-0.2, 0) is 10.0 Å². The number of halogens is 3. The molecule has 1 rings (SSSR count). The van der Waals surface area contributed by atoms with E-state index in [0.29, 0.717) is 0 Å². The topological polar surface area (TPSA) is 135 Å². The average Bonchev–Trinajstić information content (AvgIpc) is 2.24. The SMILES string of the molecule is COc1c([N+](=O)[O-])cc(OC(F)(F)F)nc1S(N)(=O)=O. The summed E-state index contributed by atoms with van der Waals surface area (Å²) >= 11 is 0. The number of rotatable bonds is 4. The van der Waals surface area contributed by atoms with E-state index >= 15 is 0 Å². The first-order valence-electron chi connectivity index (χ1n) is 4.47. The summed E-state index contributed by atoms with van der Waals surface area (Å²) in [6.45, 7) is 0. The largest absolute Gasteiger partial charge is 0.574 e. The minimum absolute atomic E-state index is 0.265. The molecular weight excluding hydrogens is 311 g/mol. The highest BCUT2D eigenvalue weighted by atomic mass is 32.2. The highest BCUT2D eigenvalue weighted by molar-refractivity contribution is 7.89. The number of pyridine rings is 1. The summed E-state index contributed by atoms with van der Waals surface area (Å²) in [6.07, 6.45) is -5.22. The molecule has 0 aliphatic heterocycles. The molecule has 9 nitrogen and oxygen atoms in total. The number of nitrogens with zero attached hydrogens (tertiary/aromatic N) is 2. The van der Waals surface area contributed by atoms with Gasteiger partial charge in [0.1, 0.15) is 0 Å². The van der Waals surface area contributed by atoms with Crippen LogP contribution in [-0.4, -0.2) is 31.8 Å². The molecule has 0 aromatic carbocycles. The molecule has 1 aromatic heterocycles. The van der Waals surface area contributed by atoms with Crippen LogP contribution in [0.1, 0.15) is 0 Å². The first-order valence-corrected chi connectivity index (χ1v) is 6.02. The Bertz CT molecular complexity index is 644. The fourth-order valence-electron chi connectivity index (χ4n) is 1.17. The van der Waals surface area contributed by atoms with Gasteiger partial charge in [-0.3, -0.25) is 10.1 Å². The van der Waals surface area contributed by atoms with Gasteiger partial charge in [0.15, 0.2) is 0 Å². The van der Waals surface area contributed by atoms with Gasteiger partial charge in [-0.2, -0.15) is 4.98 Å². The van der Waals surface area contributed by atoms with Crippen molar-refractivity contribution in [1.29, 1.82) is 0 Å². The molecule has 0 bridgehead atoms. The summed E-state index contributed by atoms with van der Waals surface area (Å²) in [4.78, 5) is 12.5.